The average molecular weight is 227 g/mol. The standard InChI is InChI=1S/C9H13N3O2S/c10-5-7-1-4-9(11-6-7)12-15(13,14)8-2-3-8/h1,4,6,8H,2-3,5,10H2,(H,11,12). The van der Waals surface area contributed by atoms with Gasteiger partial charge in [-0.05, 0) is 24.5 Å². The lowest BCUT2D eigenvalue weighted by Crippen LogP contribution is -2.18. The third-order valence-electron chi connectivity index (χ3n) is 2.27. The normalized spacial score (nSPS) is 16.3. The zero-order chi connectivity index (χ0) is 10.9. The lowest BCUT2D eigenvalue weighted by atomic mass is 10.3. The van der Waals surface area contributed by atoms with E-state index in [1.165, 1.54) is 0 Å². The van der Waals surface area contributed by atoms with Gasteiger partial charge in [-0.1, -0.05) is 6.07 Å². The minimum absolute atomic E-state index is 0.228. The number of aromatic nitrogens is 1. The van der Waals surface area contributed by atoms with Gasteiger partial charge in [-0.25, -0.2) is 13.4 Å². The van der Waals surface area contributed by atoms with Crippen molar-refractivity contribution >= 4 is 15.8 Å². The topological polar surface area (TPSA) is 85.1 Å². The van der Waals surface area contributed by atoms with Gasteiger partial charge in [-0.3, -0.25) is 4.72 Å². The van der Waals surface area contributed by atoms with Crippen LogP contribution >= 0.6 is 0 Å². The molecule has 2 rings (SSSR count). The monoisotopic (exact) mass is 227 g/mol. The Morgan fingerprint density at radius 2 is 2.20 bits per heavy atom. The van der Waals surface area contributed by atoms with E-state index in [4.69, 9.17) is 5.73 Å². The predicted molar refractivity (Wildman–Crippen MR) is 57.7 cm³/mol. The van der Waals surface area contributed by atoms with E-state index >= 15 is 0 Å². The summed E-state index contributed by atoms with van der Waals surface area (Å²) < 4.78 is 25.5. The quantitative estimate of drug-likeness (QED) is 0.781. The third-order valence-corrected chi connectivity index (χ3v) is 4.11. The maximum absolute atomic E-state index is 11.5. The first kappa shape index (κ1) is 10.4. The molecule has 5 nitrogen and oxygen atoms in total. The van der Waals surface area contributed by atoms with Crippen LogP contribution in [-0.4, -0.2) is 18.7 Å². The van der Waals surface area contributed by atoms with Crippen molar-refractivity contribution in [2.45, 2.75) is 24.6 Å². The number of hydrogen-bond donors (Lipinski definition) is 2. The summed E-state index contributed by atoms with van der Waals surface area (Å²) >= 11 is 0. The van der Waals surface area contributed by atoms with Crippen LogP contribution in [0.25, 0.3) is 0 Å². The number of anilines is 1. The Morgan fingerprint density at radius 1 is 1.47 bits per heavy atom. The third kappa shape index (κ3) is 2.45. The van der Waals surface area contributed by atoms with Gasteiger partial charge in [0.1, 0.15) is 5.82 Å². The van der Waals surface area contributed by atoms with Gasteiger partial charge in [-0.2, -0.15) is 0 Å². The number of sulfonamides is 1. The molecular formula is C9H13N3O2S. The van der Waals surface area contributed by atoms with Gasteiger partial charge in [0.05, 0.1) is 5.25 Å². The first-order valence-electron chi connectivity index (χ1n) is 4.78. The van der Waals surface area contributed by atoms with Crippen molar-refractivity contribution in [1.82, 2.24) is 4.98 Å². The molecule has 1 aromatic rings. The van der Waals surface area contributed by atoms with Crippen molar-refractivity contribution in [1.29, 1.82) is 0 Å². The van der Waals surface area contributed by atoms with Crippen LogP contribution in [0.1, 0.15) is 18.4 Å². The highest BCUT2D eigenvalue weighted by molar-refractivity contribution is 7.93. The maximum Gasteiger partial charge on any atom is 0.236 e. The first-order valence-corrected chi connectivity index (χ1v) is 6.33. The predicted octanol–water partition coefficient (Wildman–Crippen LogP) is 0.444. The summed E-state index contributed by atoms with van der Waals surface area (Å²) in [7, 11) is -3.20. The van der Waals surface area contributed by atoms with Crippen LogP contribution in [0.15, 0.2) is 18.3 Å². The molecule has 3 N–H and O–H groups in total. The highest BCUT2D eigenvalue weighted by Gasteiger charge is 2.35. The minimum Gasteiger partial charge on any atom is -0.326 e. The number of nitrogens with two attached hydrogens (primary N) is 1. The van der Waals surface area contributed by atoms with Gasteiger partial charge in [0.15, 0.2) is 0 Å². The smallest absolute Gasteiger partial charge is 0.236 e. The number of nitrogens with zero attached hydrogens (tertiary/aromatic N) is 1. The summed E-state index contributed by atoms with van der Waals surface area (Å²) in [5, 5.41) is -0.228. The van der Waals surface area contributed by atoms with E-state index in [-0.39, 0.29) is 5.25 Å². The molecule has 0 unspecified atom stereocenters. The van der Waals surface area contributed by atoms with Gasteiger partial charge in [0.25, 0.3) is 0 Å². The van der Waals surface area contributed by atoms with Crippen LogP contribution in [0.3, 0.4) is 0 Å². The van der Waals surface area contributed by atoms with Crippen LogP contribution in [-0.2, 0) is 16.6 Å². The molecule has 6 heteroatoms. The SMILES string of the molecule is NCc1ccc(NS(=O)(=O)C2CC2)nc1. The van der Waals surface area contributed by atoms with Crippen LogP contribution in [0.5, 0.6) is 0 Å². The Labute approximate surface area is 88.8 Å². The van der Waals surface area contributed by atoms with Crippen LogP contribution < -0.4 is 10.5 Å². The molecule has 0 bridgehead atoms. The zero-order valence-electron chi connectivity index (χ0n) is 8.18. The molecule has 0 spiro atoms. The van der Waals surface area contributed by atoms with E-state index in [9.17, 15) is 8.42 Å². The average Bonchev–Trinajstić information content (AvgIpc) is 3.01. The molecule has 1 fully saturated rings. The Hall–Kier alpha value is -1.14. The molecule has 1 aliphatic rings. The molecule has 0 amide bonds. The van der Waals surface area contributed by atoms with Gasteiger partial charge < -0.3 is 5.73 Å². The molecule has 0 aliphatic heterocycles. The Bertz CT molecular complexity index is 437. The van der Waals surface area contributed by atoms with E-state index in [1.807, 2.05) is 0 Å². The van der Waals surface area contributed by atoms with Gasteiger partial charge >= 0.3 is 0 Å². The molecule has 1 aliphatic carbocycles. The summed E-state index contributed by atoms with van der Waals surface area (Å²) in [6, 6.07) is 3.39. The molecule has 0 atom stereocenters. The van der Waals surface area contributed by atoms with Crippen molar-refractivity contribution in [3.63, 3.8) is 0 Å². The van der Waals surface area contributed by atoms with Gasteiger partial charge in [-0.15, -0.1) is 0 Å². The molecule has 1 heterocycles. The van der Waals surface area contributed by atoms with Gasteiger partial charge in [0.2, 0.25) is 10.0 Å². The number of hydrogen-bond acceptors (Lipinski definition) is 4. The van der Waals surface area contributed by atoms with E-state index < -0.39 is 10.0 Å². The van der Waals surface area contributed by atoms with Gasteiger partial charge in [0, 0.05) is 12.7 Å². The molecule has 0 aromatic carbocycles. The van der Waals surface area contributed by atoms with Crippen molar-refractivity contribution in [2.24, 2.45) is 5.73 Å². The second-order valence-electron chi connectivity index (χ2n) is 3.60. The fourth-order valence-corrected chi connectivity index (χ4v) is 2.55. The highest BCUT2D eigenvalue weighted by Crippen LogP contribution is 2.29. The molecule has 82 valence electrons. The van der Waals surface area contributed by atoms with Crippen molar-refractivity contribution in [2.75, 3.05) is 4.72 Å². The second-order valence-corrected chi connectivity index (χ2v) is 5.56. The fourth-order valence-electron chi connectivity index (χ4n) is 1.21. The summed E-state index contributed by atoms with van der Waals surface area (Å²) in [5.41, 5.74) is 6.29. The minimum atomic E-state index is -3.20. The van der Waals surface area contributed by atoms with Crippen molar-refractivity contribution in [3.05, 3.63) is 23.9 Å². The largest absolute Gasteiger partial charge is 0.326 e. The zero-order valence-corrected chi connectivity index (χ0v) is 9.00. The molecule has 0 radical (unpaired) electrons. The second kappa shape index (κ2) is 3.79. The Morgan fingerprint density at radius 3 is 2.67 bits per heavy atom. The summed E-state index contributed by atoms with van der Waals surface area (Å²) in [4.78, 5) is 3.97. The molecular weight excluding hydrogens is 214 g/mol. The molecule has 1 aromatic heterocycles. The summed E-state index contributed by atoms with van der Waals surface area (Å²) in [6.07, 6.45) is 3.07. The number of nitrogens with one attached hydrogen (secondary N) is 1. The summed E-state index contributed by atoms with van der Waals surface area (Å²) in [6.45, 7) is 0.405. The highest BCUT2D eigenvalue weighted by atomic mass is 32.2. The Balaban J connectivity index is 2.10. The van der Waals surface area contributed by atoms with Crippen LogP contribution in [0.2, 0.25) is 0 Å². The van der Waals surface area contributed by atoms with E-state index in [2.05, 4.69) is 9.71 Å². The lowest BCUT2D eigenvalue weighted by Gasteiger charge is -2.05. The van der Waals surface area contributed by atoms with Crippen LogP contribution in [0.4, 0.5) is 5.82 Å². The van der Waals surface area contributed by atoms with E-state index in [1.54, 1.807) is 18.3 Å². The van der Waals surface area contributed by atoms with Crippen molar-refractivity contribution in [3.8, 4) is 0 Å². The number of rotatable bonds is 4. The Kier molecular flexibility index (Phi) is 2.62. The number of pyridine rings is 1. The summed E-state index contributed by atoms with van der Waals surface area (Å²) in [5.74, 6) is 0.360. The van der Waals surface area contributed by atoms with Crippen molar-refractivity contribution < 1.29 is 8.42 Å². The molecule has 1 saturated carbocycles. The molecule has 15 heavy (non-hydrogen) atoms. The lowest BCUT2D eigenvalue weighted by molar-refractivity contribution is 0.600. The van der Waals surface area contributed by atoms with Crippen LogP contribution in [0, 0.1) is 0 Å². The fraction of sp³-hybridized carbons (Fsp3) is 0.444. The van der Waals surface area contributed by atoms with E-state index in [0.29, 0.717) is 12.4 Å². The maximum atomic E-state index is 11.5. The van der Waals surface area contributed by atoms with E-state index in [0.717, 1.165) is 18.4 Å². The molecule has 0 saturated heterocycles. The first-order chi connectivity index (χ1) is 7.12.